The number of hydrogen-bond acceptors (Lipinski definition) is 3. The number of nitrogens with two attached hydrogens (primary N) is 1. The smallest absolute Gasteiger partial charge is 0.398 e. The van der Waals surface area contributed by atoms with Crippen molar-refractivity contribution in [2.24, 2.45) is 0 Å². The zero-order valence-electron chi connectivity index (χ0n) is 12.6. The van der Waals surface area contributed by atoms with Gasteiger partial charge in [0, 0.05) is 27.6 Å². The first kappa shape index (κ1) is 18.1. The van der Waals surface area contributed by atoms with Gasteiger partial charge in [-0.2, -0.15) is 13.2 Å². The fourth-order valence-electron chi connectivity index (χ4n) is 1.97. The highest BCUT2D eigenvalue weighted by Gasteiger charge is 2.37. The van der Waals surface area contributed by atoms with Gasteiger partial charge >= 0.3 is 6.18 Å². The monoisotopic (exact) mass is 398 g/mol. The van der Waals surface area contributed by atoms with Gasteiger partial charge in [-0.1, -0.05) is 34.1 Å². The van der Waals surface area contributed by atoms with E-state index in [9.17, 15) is 18.0 Å². The van der Waals surface area contributed by atoms with Gasteiger partial charge in [-0.05, 0) is 42.3 Å². The minimum absolute atomic E-state index is 0.0403. The summed E-state index contributed by atoms with van der Waals surface area (Å²) >= 11 is 3.26. The molecule has 2 aromatic carbocycles. The number of halogens is 4. The van der Waals surface area contributed by atoms with Gasteiger partial charge in [0.05, 0.1) is 0 Å². The van der Waals surface area contributed by atoms with E-state index in [4.69, 9.17) is 5.73 Å². The van der Waals surface area contributed by atoms with E-state index in [2.05, 4.69) is 21.2 Å². The summed E-state index contributed by atoms with van der Waals surface area (Å²) in [5.74, 6) is -1.94. The van der Waals surface area contributed by atoms with Crippen LogP contribution in [0.1, 0.15) is 11.1 Å². The third kappa shape index (κ3) is 4.38. The summed E-state index contributed by atoms with van der Waals surface area (Å²) < 4.78 is 38.6. The molecule has 0 aliphatic rings. The van der Waals surface area contributed by atoms with E-state index in [-0.39, 0.29) is 5.70 Å². The molecule has 0 fully saturated rings. The lowest BCUT2D eigenvalue weighted by Crippen LogP contribution is -2.21. The first-order valence-corrected chi connectivity index (χ1v) is 7.68. The van der Waals surface area contributed by atoms with E-state index in [1.807, 2.05) is 0 Å². The predicted octanol–water partition coefficient (Wildman–Crippen LogP) is 4.92. The number of carbonyl (C=O) groups is 1. The fourth-order valence-corrected chi connectivity index (χ4v) is 2.23. The Morgan fingerprint density at radius 2 is 1.79 bits per heavy atom. The number of hydrogen-bond donors (Lipinski definition) is 2. The van der Waals surface area contributed by atoms with Crippen LogP contribution >= 0.6 is 15.9 Å². The maximum atomic E-state index is 12.6. The van der Waals surface area contributed by atoms with Crippen molar-refractivity contribution >= 4 is 38.8 Å². The Bertz CT molecular complexity index is 783. The van der Waals surface area contributed by atoms with Crippen LogP contribution < -0.4 is 11.1 Å². The van der Waals surface area contributed by atoms with Crippen molar-refractivity contribution in [1.29, 1.82) is 0 Å². The number of alkyl halides is 3. The Morgan fingerprint density at radius 3 is 2.38 bits per heavy atom. The summed E-state index contributed by atoms with van der Waals surface area (Å²) in [5, 5.41) is 2.87. The first-order chi connectivity index (χ1) is 11.2. The van der Waals surface area contributed by atoms with Gasteiger partial charge in [0.15, 0.2) is 0 Å². The molecule has 2 rings (SSSR count). The van der Waals surface area contributed by atoms with Crippen molar-refractivity contribution in [2.75, 3.05) is 11.1 Å². The van der Waals surface area contributed by atoms with Crippen LogP contribution in [0.3, 0.4) is 0 Å². The SMILES string of the molecule is Cc1c(N)cccc1N/C(=C\C(=O)C(F)(F)F)c1ccc(Br)cc1. The third-order valence-corrected chi connectivity index (χ3v) is 3.88. The number of ketones is 1. The Morgan fingerprint density at radius 1 is 1.17 bits per heavy atom. The number of rotatable bonds is 4. The van der Waals surface area contributed by atoms with Crippen LogP contribution in [0, 0.1) is 6.92 Å². The third-order valence-electron chi connectivity index (χ3n) is 3.36. The number of benzene rings is 2. The zero-order valence-corrected chi connectivity index (χ0v) is 14.2. The average molecular weight is 399 g/mol. The topological polar surface area (TPSA) is 55.1 Å². The number of carbonyl (C=O) groups excluding carboxylic acids is 1. The quantitative estimate of drug-likeness (QED) is 0.567. The van der Waals surface area contributed by atoms with E-state index in [1.54, 1.807) is 49.4 Å². The predicted molar refractivity (Wildman–Crippen MR) is 92.4 cm³/mol. The largest absolute Gasteiger partial charge is 0.454 e. The molecule has 0 saturated carbocycles. The Balaban J connectivity index is 2.47. The van der Waals surface area contributed by atoms with Crippen LogP contribution in [0.2, 0.25) is 0 Å². The molecule has 3 N–H and O–H groups in total. The lowest BCUT2D eigenvalue weighted by molar-refractivity contribution is -0.165. The van der Waals surface area contributed by atoms with Crippen molar-refractivity contribution in [3.8, 4) is 0 Å². The van der Waals surface area contributed by atoms with E-state index in [0.717, 1.165) is 4.47 Å². The summed E-state index contributed by atoms with van der Waals surface area (Å²) in [6.45, 7) is 1.74. The van der Waals surface area contributed by atoms with Crippen LogP contribution in [0.15, 0.2) is 53.0 Å². The highest BCUT2D eigenvalue weighted by molar-refractivity contribution is 9.10. The van der Waals surface area contributed by atoms with Gasteiger partial charge in [-0.25, -0.2) is 0 Å². The summed E-state index contributed by atoms with van der Waals surface area (Å²) in [6, 6.07) is 11.6. The van der Waals surface area contributed by atoms with Crippen LogP contribution in [0.5, 0.6) is 0 Å². The number of nitrogen functional groups attached to an aromatic ring is 1. The van der Waals surface area contributed by atoms with Crippen molar-refractivity contribution in [2.45, 2.75) is 13.1 Å². The van der Waals surface area contributed by atoms with Gasteiger partial charge in [-0.3, -0.25) is 4.79 Å². The highest BCUT2D eigenvalue weighted by atomic mass is 79.9. The minimum Gasteiger partial charge on any atom is -0.398 e. The maximum absolute atomic E-state index is 12.6. The average Bonchev–Trinajstić information content (AvgIpc) is 2.51. The summed E-state index contributed by atoms with van der Waals surface area (Å²) in [7, 11) is 0. The van der Waals surface area contributed by atoms with Crippen molar-refractivity contribution in [3.05, 3.63) is 64.1 Å². The van der Waals surface area contributed by atoms with E-state index < -0.39 is 12.0 Å². The molecule has 0 heterocycles. The molecule has 0 unspecified atom stereocenters. The molecule has 0 aromatic heterocycles. The molecule has 2 aromatic rings. The van der Waals surface area contributed by atoms with Crippen molar-refractivity contribution in [1.82, 2.24) is 0 Å². The molecule has 0 aliphatic carbocycles. The van der Waals surface area contributed by atoms with E-state index >= 15 is 0 Å². The number of nitrogens with one attached hydrogen (secondary N) is 1. The molecule has 0 spiro atoms. The summed E-state index contributed by atoms with van der Waals surface area (Å²) in [5.41, 5.74) is 8.00. The summed E-state index contributed by atoms with van der Waals surface area (Å²) in [4.78, 5) is 11.4. The lowest BCUT2D eigenvalue weighted by Gasteiger charge is -2.15. The first-order valence-electron chi connectivity index (χ1n) is 6.89. The van der Waals surface area contributed by atoms with Crippen LogP contribution in [0.4, 0.5) is 24.5 Å². The molecule has 24 heavy (non-hydrogen) atoms. The van der Waals surface area contributed by atoms with Gasteiger partial charge in [0.2, 0.25) is 0 Å². The van der Waals surface area contributed by atoms with Crippen molar-refractivity contribution in [3.63, 3.8) is 0 Å². The number of allylic oxidation sites excluding steroid dienone is 1. The second kappa shape index (κ2) is 7.09. The Kier molecular flexibility index (Phi) is 5.33. The van der Waals surface area contributed by atoms with Crippen molar-refractivity contribution < 1.29 is 18.0 Å². The van der Waals surface area contributed by atoms with Gasteiger partial charge < -0.3 is 11.1 Å². The van der Waals surface area contributed by atoms with Crippen LogP contribution in [-0.2, 0) is 4.79 Å². The molecular weight excluding hydrogens is 385 g/mol. The molecule has 0 saturated heterocycles. The molecule has 0 radical (unpaired) electrons. The Labute approximate surface area is 145 Å². The Hall–Kier alpha value is -2.28. The van der Waals surface area contributed by atoms with Crippen LogP contribution in [0.25, 0.3) is 5.70 Å². The molecular formula is C17H14BrF3N2O. The van der Waals surface area contributed by atoms with Crippen LogP contribution in [-0.4, -0.2) is 12.0 Å². The normalized spacial score (nSPS) is 12.1. The molecule has 0 amide bonds. The standard InChI is InChI=1S/C17H14BrF3N2O/c1-10-13(22)3-2-4-14(10)23-15(9-16(24)17(19,20)21)11-5-7-12(18)8-6-11/h2-9,23H,22H2,1H3/b15-9-. The van der Waals surface area contributed by atoms with Gasteiger partial charge in [0.25, 0.3) is 5.78 Å². The minimum atomic E-state index is -4.94. The zero-order chi connectivity index (χ0) is 17.9. The fraction of sp³-hybridized carbons (Fsp3) is 0.118. The maximum Gasteiger partial charge on any atom is 0.454 e. The molecule has 3 nitrogen and oxygen atoms in total. The number of anilines is 2. The van der Waals surface area contributed by atoms with Gasteiger partial charge in [0.1, 0.15) is 0 Å². The van der Waals surface area contributed by atoms with E-state index in [0.29, 0.717) is 28.6 Å². The summed E-state index contributed by atoms with van der Waals surface area (Å²) in [6.07, 6.45) is -4.39. The molecule has 126 valence electrons. The second-order valence-corrected chi connectivity index (χ2v) is 5.99. The molecule has 0 bridgehead atoms. The lowest BCUT2D eigenvalue weighted by atomic mass is 10.1. The molecule has 7 heteroatoms. The molecule has 0 atom stereocenters. The van der Waals surface area contributed by atoms with Gasteiger partial charge in [-0.15, -0.1) is 0 Å². The molecule has 0 aliphatic heterocycles. The highest BCUT2D eigenvalue weighted by Crippen LogP contribution is 2.27. The van der Waals surface area contributed by atoms with E-state index in [1.165, 1.54) is 0 Å². The second-order valence-electron chi connectivity index (χ2n) is 5.07.